The molecular weight excluding hydrogens is 318 g/mol. The molecule has 1 saturated carbocycles. The molecule has 3 rings (SSSR count). The summed E-state index contributed by atoms with van der Waals surface area (Å²) in [7, 11) is 0. The molecule has 0 unspecified atom stereocenters. The van der Waals surface area contributed by atoms with Crippen LogP contribution in [-0.2, 0) is 9.53 Å². The summed E-state index contributed by atoms with van der Waals surface area (Å²) in [6.07, 6.45) is 3.83. The van der Waals surface area contributed by atoms with E-state index in [1.165, 1.54) is 0 Å². The van der Waals surface area contributed by atoms with Gasteiger partial charge in [-0.15, -0.1) is 10.2 Å². The first-order valence-electron chi connectivity index (χ1n) is 8.82. The number of anilines is 1. The summed E-state index contributed by atoms with van der Waals surface area (Å²) in [4.78, 5) is 12.4. The number of nitrogens with zero attached hydrogens (tertiary/aromatic N) is 4. The van der Waals surface area contributed by atoms with Crippen LogP contribution in [0.4, 0.5) is 5.82 Å². The number of rotatable bonds is 6. The third kappa shape index (κ3) is 3.65. The van der Waals surface area contributed by atoms with Crippen molar-refractivity contribution in [2.75, 3.05) is 18.5 Å². The van der Waals surface area contributed by atoms with Crippen LogP contribution in [0.1, 0.15) is 44.0 Å². The molecule has 7 nitrogen and oxygen atoms in total. The molecule has 0 radical (unpaired) electrons. The van der Waals surface area contributed by atoms with Gasteiger partial charge in [0.2, 0.25) is 0 Å². The van der Waals surface area contributed by atoms with Gasteiger partial charge in [0, 0.05) is 12.2 Å². The zero-order chi connectivity index (χ0) is 17.9. The van der Waals surface area contributed by atoms with Crippen LogP contribution in [0.3, 0.4) is 0 Å². The van der Waals surface area contributed by atoms with Crippen LogP contribution in [0.15, 0.2) is 18.2 Å². The first-order valence-corrected chi connectivity index (χ1v) is 8.82. The van der Waals surface area contributed by atoms with E-state index in [4.69, 9.17) is 4.74 Å². The van der Waals surface area contributed by atoms with Gasteiger partial charge in [-0.05, 0) is 51.8 Å². The molecule has 1 aliphatic rings. The Morgan fingerprint density at radius 1 is 1.28 bits per heavy atom. The van der Waals surface area contributed by atoms with Gasteiger partial charge in [-0.2, -0.15) is 5.10 Å². The summed E-state index contributed by atoms with van der Waals surface area (Å²) in [6.45, 7) is 6.72. The summed E-state index contributed by atoms with van der Waals surface area (Å²) in [5, 5.41) is 16.1. The van der Waals surface area contributed by atoms with Crippen LogP contribution in [0.2, 0.25) is 0 Å². The molecule has 0 bridgehead atoms. The Morgan fingerprint density at radius 3 is 2.60 bits per heavy atom. The normalized spacial score (nSPS) is 16.0. The molecule has 0 aromatic carbocycles. The number of aryl methyl sites for hydroxylation is 2. The van der Waals surface area contributed by atoms with Gasteiger partial charge >= 0.3 is 5.97 Å². The average molecular weight is 343 g/mol. The fourth-order valence-electron chi connectivity index (χ4n) is 3.44. The highest BCUT2D eigenvalue weighted by atomic mass is 16.5. The Bertz CT molecular complexity index is 732. The summed E-state index contributed by atoms with van der Waals surface area (Å²) in [5.41, 5.74) is 1.52. The smallest absolute Gasteiger partial charge is 0.313 e. The van der Waals surface area contributed by atoms with Crippen LogP contribution < -0.4 is 5.32 Å². The summed E-state index contributed by atoms with van der Waals surface area (Å²) in [5.74, 6) is 1.23. The van der Waals surface area contributed by atoms with Crippen molar-refractivity contribution < 1.29 is 9.53 Å². The van der Waals surface area contributed by atoms with Gasteiger partial charge in [-0.1, -0.05) is 12.8 Å². The molecule has 1 fully saturated rings. The molecule has 25 heavy (non-hydrogen) atoms. The second-order valence-electron chi connectivity index (χ2n) is 6.68. The molecule has 0 aliphatic heterocycles. The first-order chi connectivity index (χ1) is 12.0. The minimum Gasteiger partial charge on any atom is -0.466 e. The van der Waals surface area contributed by atoms with Gasteiger partial charge in [0.25, 0.3) is 0 Å². The van der Waals surface area contributed by atoms with Crippen molar-refractivity contribution in [3.8, 4) is 5.82 Å². The standard InChI is InChI=1S/C18H25N5O2/c1-4-25-17(24)18(9-5-6-10-18)12-19-15-7-8-16(21-20-15)23-14(3)11-13(2)22-23/h7-8,11H,4-6,9-10,12H2,1-3H3,(H,19,20). The second-order valence-corrected chi connectivity index (χ2v) is 6.68. The largest absolute Gasteiger partial charge is 0.466 e. The Kier molecular flexibility index (Phi) is 5.01. The first kappa shape index (κ1) is 17.4. The molecule has 2 heterocycles. The molecule has 0 spiro atoms. The summed E-state index contributed by atoms with van der Waals surface area (Å²) < 4.78 is 7.05. The van der Waals surface area contributed by atoms with Crippen molar-refractivity contribution in [2.45, 2.75) is 46.5 Å². The van der Waals surface area contributed by atoms with Gasteiger partial charge in [0.15, 0.2) is 5.82 Å². The number of esters is 1. The quantitative estimate of drug-likeness (QED) is 0.812. The number of hydrogen-bond acceptors (Lipinski definition) is 6. The number of carbonyl (C=O) groups excluding carboxylic acids is 1. The molecule has 2 aromatic heterocycles. The van der Waals surface area contributed by atoms with Crippen molar-refractivity contribution in [3.05, 3.63) is 29.6 Å². The Labute approximate surface area is 147 Å². The number of nitrogens with one attached hydrogen (secondary N) is 1. The number of aromatic nitrogens is 4. The summed E-state index contributed by atoms with van der Waals surface area (Å²) in [6, 6.07) is 5.74. The Hall–Kier alpha value is -2.44. The minimum atomic E-state index is -0.438. The third-order valence-corrected chi connectivity index (χ3v) is 4.75. The van der Waals surface area contributed by atoms with E-state index in [-0.39, 0.29) is 5.97 Å². The molecule has 7 heteroatoms. The topological polar surface area (TPSA) is 81.9 Å². The van der Waals surface area contributed by atoms with Crippen molar-refractivity contribution in [2.24, 2.45) is 5.41 Å². The fourth-order valence-corrected chi connectivity index (χ4v) is 3.44. The van der Waals surface area contributed by atoms with E-state index < -0.39 is 5.41 Å². The zero-order valence-corrected chi connectivity index (χ0v) is 15.1. The highest BCUT2D eigenvalue weighted by Crippen LogP contribution is 2.39. The van der Waals surface area contributed by atoms with E-state index in [9.17, 15) is 4.79 Å². The summed E-state index contributed by atoms with van der Waals surface area (Å²) >= 11 is 0. The van der Waals surface area contributed by atoms with E-state index in [0.29, 0.717) is 24.8 Å². The highest BCUT2D eigenvalue weighted by molar-refractivity contribution is 5.78. The lowest BCUT2D eigenvalue weighted by molar-refractivity contribution is -0.154. The number of carbonyl (C=O) groups is 1. The van der Waals surface area contributed by atoms with Crippen molar-refractivity contribution in [1.82, 2.24) is 20.0 Å². The van der Waals surface area contributed by atoms with E-state index in [1.54, 1.807) is 4.68 Å². The molecule has 134 valence electrons. The lowest BCUT2D eigenvalue weighted by Crippen LogP contribution is -2.37. The monoisotopic (exact) mass is 343 g/mol. The van der Waals surface area contributed by atoms with Crippen LogP contribution in [0, 0.1) is 19.3 Å². The van der Waals surface area contributed by atoms with E-state index in [1.807, 2.05) is 39.0 Å². The molecule has 0 amide bonds. The van der Waals surface area contributed by atoms with Gasteiger partial charge in [-0.25, -0.2) is 4.68 Å². The van der Waals surface area contributed by atoms with E-state index in [2.05, 4.69) is 20.6 Å². The molecule has 1 aliphatic carbocycles. The van der Waals surface area contributed by atoms with Gasteiger partial charge in [0.1, 0.15) is 5.82 Å². The second kappa shape index (κ2) is 7.21. The SMILES string of the molecule is CCOC(=O)C1(CNc2ccc(-n3nc(C)cc3C)nn2)CCCC1. The highest BCUT2D eigenvalue weighted by Gasteiger charge is 2.42. The van der Waals surface area contributed by atoms with Crippen LogP contribution in [0.5, 0.6) is 0 Å². The predicted octanol–water partition coefficient (Wildman–Crippen LogP) is 2.81. The minimum absolute atomic E-state index is 0.104. The van der Waals surface area contributed by atoms with Crippen molar-refractivity contribution in [1.29, 1.82) is 0 Å². The predicted molar refractivity (Wildman–Crippen MR) is 94.7 cm³/mol. The van der Waals surface area contributed by atoms with E-state index >= 15 is 0 Å². The van der Waals surface area contributed by atoms with Crippen molar-refractivity contribution >= 4 is 11.8 Å². The molecule has 2 aromatic rings. The molecular formula is C18H25N5O2. The average Bonchev–Trinajstić information content (AvgIpc) is 3.21. The number of hydrogen-bond donors (Lipinski definition) is 1. The lowest BCUT2D eigenvalue weighted by atomic mass is 9.86. The Morgan fingerprint density at radius 2 is 2.04 bits per heavy atom. The molecule has 0 saturated heterocycles. The lowest BCUT2D eigenvalue weighted by Gasteiger charge is -2.26. The van der Waals surface area contributed by atoms with Crippen LogP contribution in [-0.4, -0.2) is 39.1 Å². The number of ether oxygens (including phenoxy) is 1. The van der Waals surface area contributed by atoms with Crippen molar-refractivity contribution in [3.63, 3.8) is 0 Å². The maximum absolute atomic E-state index is 12.4. The zero-order valence-electron chi connectivity index (χ0n) is 15.1. The Balaban J connectivity index is 1.69. The maximum atomic E-state index is 12.4. The molecule has 0 atom stereocenters. The third-order valence-electron chi connectivity index (χ3n) is 4.75. The van der Waals surface area contributed by atoms with Gasteiger partial charge in [-0.3, -0.25) is 4.79 Å². The fraction of sp³-hybridized carbons (Fsp3) is 0.556. The maximum Gasteiger partial charge on any atom is 0.313 e. The van der Waals surface area contributed by atoms with Crippen LogP contribution in [0.25, 0.3) is 5.82 Å². The molecule has 1 N–H and O–H groups in total. The van der Waals surface area contributed by atoms with Gasteiger partial charge in [0.05, 0.1) is 17.7 Å². The van der Waals surface area contributed by atoms with Crippen LogP contribution >= 0.6 is 0 Å². The van der Waals surface area contributed by atoms with Gasteiger partial charge < -0.3 is 10.1 Å². The van der Waals surface area contributed by atoms with E-state index in [0.717, 1.165) is 37.1 Å².